The first-order valence-electron chi connectivity index (χ1n) is 11.0. The largest absolute Gasteiger partial charge is 0.508 e. The van der Waals surface area contributed by atoms with Crippen molar-refractivity contribution in [2.75, 3.05) is 23.2 Å². The summed E-state index contributed by atoms with van der Waals surface area (Å²) in [4.78, 5) is 25.3. The molecule has 0 aliphatic carbocycles. The van der Waals surface area contributed by atoms with Gasteiger partial charge in [-0.3, -0.25) is 10.1 Å². The highest BCUT2D eigenvalue weighted by Gasteiger charge is 2.26. The maximum Gasteiger partial charge on any atom is 0.412 e. The number of halogens is 1. The van der Waals surface area contributed by atoms with E-state index < -0.39 is 24.0 Å². The summed E-state index contributed by atoms with van der Waals surface area (Å²) >= 11 is 3.38. The molecule has 5 N–H and O–H groups in total. The summed E-state index contributed by atoms with van der Waals surface area (Å²) in [5.74, 6) is 0.143. The van der Waals surface area contributed by atoms with Crippen molar-refractivity contribution in [1.29, 1.82) is 0 Å². The first-order chi connectivity index (χ1) is 17.3. The van der Waals surface area contributed by atoms with Crippen LogP contribution in [0.25, 0.3) is 0 Å². The second-order valence-corrected chi connectivity index (χ2v) is 8.93. The summed E-state index contributed by atoms with van der Waals surface area (Å²) in [6, 6.07) is 16.7. The molecule has 3 aromatic carbocycles. The Morgan fingerprint density at radius 2 is 1.86 bits per heavy atom. The number of amides is 2. The summed E-state index contributed by atoms with van der Waals surface area (Å²) in [6.45, 7) is 1.88. The molecule has 36 heavy (non-hydrogen) atoms. The number of anilines is 3. The van der Waals surface area contributed by atoms with Crippen LogP contribution < -0.4 is 25.8 Å². The van der Waals surface area contributed by atoms with Gasteiger partial charge in [0.15, 0.2) is 11.5 Å². The number of phenols is 1. The molecule has 1 aliphatic rings. The molecule has 0 radical (unpaired) electrons. The highest BCUT2D eigenvalue weighted by Crippen LogP contribution is 2.37. The maximum absolute atomic E-state index is 12.8. The van der Waals surface area contributed by atoms with Crippen molar-refractivity contribution >= 4 is 45.0 Å². The highest BCUT2D eigenvalue weighted by molar-refractivity contribution is 9.10. The number of phenolic OH excluding ortho intramolecular Hbond substituents is 1. The molecule has 2 amide bonds. The Bertz CT molecular complexity index is 1310. The second-order valence-electron chi connectivity index (χ2n) is 8.02. The van der Waals surface area contributed by atoms with Gasteiger partial charge in [0, 0.05) is 27.7 Å². The minimum absolute atomic E-state index is 0.0548. The van der Waals surface area contributed by atoms with Gasteiger partial charge in [-0.1, -0.05) is 41.1 Å². The van der Waals surface area contributed by atoms with Crippen molar-refractivity contribution in [1.82, 2.24) is 0 Å². The number of fused-ring (bicyclic) bond motifs is 1. The van der Waals surface area contributed by atoms with Crippen LogP contribution in [0.4, 0.5) is 21.9 Å². The van der Waals surface area contributed by atoms with Gasteiger partial charge in [0.05, 0.1) is 11.4 Å². The molecule has 3 aromatic rings. The molecule has 186 valence electrons. The number of carbonyl (C=O) groups is 2. The van der Waals surface area contributed by atoms with E-state index in [1.54, 1.807) is 67.6 Å². The number of para-hydroxylation sites is 2. The normalized spacial score (nSPS) is 13.7. The molecule has 0 bridgehead atoms. The van der Waals surface area contributed by atoms with E-state index >= 15 is 0 Å². The summed E-state index contributed by atoms with van der Waals surface area (Å²) in [6.07, 6.45) is 1.26. The number of nitrogens with two attached hydrogens (primary N) is 1. The summed E-state index contributed by atoms with van der Waals surface area (Å²) in [7, 11) is 0. The zero-order chi connectivity index (χ0) is 25.7. The molecule has 4 rings (SSSR count). The van der Waals surface area contributed by atoms with E-state index in [0.717, 1.165) is 0 Å². The molecule has 1 heterocycles. The van der Waals surface area contributed by atoms with Crippen LogP contribution in [0.3, 0.4) is 0 Å². The third kappa shape index (κ3) is 6.08. The second kappa shape index (κ2) is 11.0. The molecule has 0 saturated heterocycles. The molecule has 0 spiro atoms. The number of hydrogen-bond donors (Lipinski definition) is 4. The van der Waals surface area contributed by atoms with Crippen LogP contribution in [0.1, 0.15) is 18.6 Å². The quantitative estimate of drug-likeness (QED) is 0.221. The molecular formula is C26H24BrN3O6. The highest BCUT2D eigenvalue weighted by atomic mass is 79.9. The Hall–Kier alpha value is -4.18. The topological polar surface area (TPSA) is 132 Å². The monoisotopic (exact) mass is 553 g/mol. The van der Waals surface area contributed by atoms with Crippen molar-refractivity contribution in [2.45, 2.75) is 13.0 Å². The van der Waals surface area contributed by atoms with Crippen molar-refractivity contribution in [3.05, 3.63) is 82.9 Å². The van der Waals surface area contributed by atoms with Gasteiger partial charge in [-0.15, -0.1) is 0 Å². The fourth-order valence-electron chi connectivity index (χ4n) is 3.57. The number of nitrogens with one attached hydrogen (secondary N) is 2. The van der Waals surface area contributed by atoms with Gasteiger partial charge in [0.1, 0.15) is 11.9 Å². The van der Waals surface area contributed by atoms with Gasteiger partial charge in [-0.2, -0.15) is 0 Å². The lowest BCUT2D eigenvalue weighted by Gasteiger charge is -2.24. The molecule has 2 atom stereocenters. The minimum atomic E-state index is -0.914. The van der Waals surface area contributed by atoms with Gasteiger partial charge >= 0.3 is 6.09 Å². The number of ether oxygens (including phenoxy) is 3. The van der Waals surface area contributed by atoms with Crippen LogP contribution in [0, 0.1) is 5.92 Å². The van der Waals surface area contributed by atoms with Gasteiger partial charge in [0.2, 0.25) is 12.7 Å². The fourth-order valence-corrected chi connectivity index (χ4v) is 3.95. The van der Waals surface area contributed by atoms with Crippen LogP contribution in [0.5, 0.6) is 17.2 Å². The van der Waals surface area contributed by atoms with E-state index in [1.807, 2.05) is 0 Å². The van der Waals surface area contributed by atoms with Crippen LogP contribution in [-0.4, -0.2) is 23.9 Å². The molecule has 0 unspecified atom stereocenters. The molecule has 10 heteroatoms. The number of rotatable bonds is 7. The SMILES string of the molecule is C[C@@H](/C=C/C(=O)Nc1ccccc1N)[C@@H](OC(=O)Nc1ccc2c(c1)OCO2)c1cc(Br)ccc1O. The average Bonchev–Trinajstić information content (AvgIpc) is 3.32. The minimum Gasteiger partial charge on any atom is -0.508 e. The maximum atomic E-state index is 12.8. The Kier molecular flexibility index (Phi) is 7.65. The fraction of sp³-hybridized carbons (Fsp3) is 0.154. The molecule has 0 saturated carbocycles. The van der Waals surface area contributed by atoms with E-state index in [2.05, 4.69) is 26.6 Å². The Morgan fingerprint density at radius 1 is 1.08 bits per heavy atom. The predicted octanol–water partition coefficient (Wildman–Crippen LogP) is 5.59. The summed E-state index contributed by atoms with van der Waals surface area (Å²) in [5.41, 5.74) is 7.62. The van der Waals surface area contributed by atoms with E-state index in [1.165, 1.54) is 12.1 Å². The van der Waals surface area contributed by atoms with Crippen molar-refractivity contribution in [3.8, 4) is 17.2 Å². The number of hydrogen-bond acceptors (Lipinski definition) is 7. The zero-order valence-electron chi connectivity index (χ0n) is 19.2. The van der Waals surface area contributed by atoms with Crippen molar-refractivity contribution in [3.63, 3.8) is 0 Å². The van der Waals surface area contributed by atoms with Gasteiger partial charge in [-0.25, -0.2) is 4.79 Å². The lowest BCUT2D eigenvalue weighted by molar-refractivity contribution is -0.111. The van der Waals surface area contributed by atoms with E-state index in [9.17, 15) is 14.7 Å². The zero-order valence-corrected chi connectivity index (χ0v) is 20.8. The molecule has 0 fully saturated rings. The molecular weight excluding hydrogens is 530 g/mol. The lowest BCUT2D eigenvalue weighted by Crippen LogP contribution is -2.21. The first-order valence-corrected chi connectivity index (χ1v) is 11.8. The Morgan fingerprint density at radius 3 is 2.67 bits per heavy atom. The Balaban J connectivity index is 1.50. The third-order valence-electron chi connectivity index (χ3n) is 5.40. The number of benzene rings is 3. The van der Waals surface area contributed by atoms with E-state index in [-0.39, 0.29) is 12.5 Å². The first kappa shape index (κ1) is 24.9. The molecule has 1 aliphatic heterocycles. The number of aromatic hydroxyl groups is 1. The van der Waals surface area contributed by atoms with Crippen LogP contribution in [-0.2, 0) is 9.53 Å². The molecule has 9 nitrogen and oxygen atoms in total. The lowest BCUT2D eigenvalue weighted by atomic mass is 9.96. The number of carbonyl (C=O) groups excluding carboxylic acids is 2. The Labute approximate surface area is 216 Å². The number of nitrogen functional groups attached to an aromatic ring is 1. The van der Waals surface area contributed by atoms with Crippen molar-refractivity contribution < 1.29 is 28.9 Å². The van der Waals surface area contributed by atoms with Gasteiger partial charge in [0.25, 0.3) is 0 Å². The average molecular weight is 554 g/mol. The van der Waals surface area contributed by atoms with Crippen LogP contribution in [0.2, 0.25) is 0 Å². The molecule has 0 aromatic heterocycles. The van der Waals surface area contributed by atoms with Crippen LogP contribution in [0.15, 0.2) is 77.3 Å². The third-order valence-corrected chi connectivity index (χ3v) is 5.89. The van der Waals surface area contributed by atoms with Gasteiger partial charge < -0.3 is 30.4 Å². The van der Waals surface area contributed by atoms with Crippen molar-refractivity contribution in [2.24, 2.45) is 5.92 Å². The van der Waals surface area contributed by atoms with E-state index in [4.69, 9.17) is 19.9 Å². The standard InChI is InChI=1S/C26H24BrN3O6/c1-15(6-11-24(32)30-20-5-3-2-4-19(20)28)25(18-12-16(27)7-9-21(18)31)36-26(33)29-17-8-10-22-23(13-17)35-14-34-22/h2-13,15,25,31H,14,28H2,1H3,(H,29,33)(H,30,32)/b11-6+/t15-,25+/m0/s1. The predicted molar refractivity (Wildman–Crippen MR) is 139 cm³/mol. The smallest absolute Gasteiger partial charge is 0.412 e. The van der Waals surface area contributed by atoms with E-state index in [0.29, 0.717) is 38.6 Å². The van der Waals surface area contributed by atoms with Gasteiger partial charge in [-0.05, 0) is 48.5 Å². The van der Waals surface area contributed by atoms with Crippen LogP contribution >= 0.6 is 15.9 Å². The summed E-state index contributed by atoms with van der Waals surface area (Å²) in [5, 5.41) is 15.9. The summed E-state index contributed by atoms with van der Waals surface area (Å²) < 4.78 is 17.0.